The number of halogens is 2. The molecule has 0 spiro atoms. The molecule has 2 rings (SSSR count). The van der Waals surface area contributed by atoms with Crippen LogP contribution in [0.3, 0.4) is 0 Å². The van der Waals surface area contributed by atoms with Gasteiger partial charge in [0.2, 0.25) is 0 Å². The van der Waals surface area contributed by atoms with Crippen molar-refractivity contribution in [3.63, 3.8) is 0 Å². The number of rotatable bonds is 6. The summed E-state index contributed by atoms with van der Waals surface area (Å²) in [6.07, 6.45) is 0.662. The number of nitrogens with two attached hydrogens (primary N) is 1. The molecule has 112 valence electrons. The van der Waals surface area contributed by atoms with Crippen LogP contribution in [-0.2, 0) is 13.0 Å². The van der Waals surface area contributed by atoms with Crippen molar-refractivity contribution in [2.24, 2.45) is 5.73 Å². The zero-order valence-corrected chi connectivity index (χ0v) is 12.5. The number of para-hydroxylation sites is 1. The van der Waals surface area contributed by atoms with Crippen molar-refractivity contribution < 1.29 is 13.9 Å². The predicted octanol–water partition coefficient (Wildman–Crippen LogP) is 3.57. The summed E-state index contributed by atoms with van der Waals surface area (Å²) in [7, 11) is 1.57. The van der Waals surface area contributed by atoms with Crippen LogP contribution in [0.1, 0.15) is 11.1 Å². The summed E-state index contributed by atoms with van der Waals surface area (Å²) in [6, 6.07) is 10.1. The molecule has 0 fully saturated rings. The number of hydrogen-bond donors (Lipinski definition) is 1. The molecule has 0 aromatic heterocycles. The van der Waals surface area contributed by atoms with Crippen LogP contribution in [0.4, 0.5) is 4.39 Å². The van der Waals surface area contributed by atoms with Crippen LogP contribution in [0.25, 0.3) is 0 Å². The lowest BCUT2D eigenvalue weighted by Gasteiger charge is -2.15. The first-order valence-corrected chi connectivity index (χ1v) is 6.96. The van der Waals surface area contributed by atoms with Crippen LogP contribution in [0.5, 0.6) is 11.5 Å². The van der Waals surface area contributed by atoms with E-state index in [1.165, 1.54) is 6.07 Å². The molecule has 3 nitrogen and oxygen atoms in total. The molecule has 0 aliphatic heterocycles. The second kappa shape index (κ2) is 7.29. The van der Waals surface area contributed by atoms with E-state index in [2.05, 4.69) is 0 Å². The van der Waals surface area contributed by atoms with E-state index in [9.17, 15) is 4.39 Å². The van der Waals surface area contributed by atoms with Crippen LogP contribution in [0, 0.1) is 5.82 Å². The van der Waals surface area contributed by atoms with Gasteiger partial charge >= 0.3 is 0 Å². The number of ether oxygens (including phenoxy) is 2. The lowest BCUT2D eigenvalue weighted by molar-refractivity contribution is 0.277. The smallest absolute Gasteiger partial charge is 0.164 e. The van der Waals surface area contributed by atoms with Gasteiger partial charge in [0.15, 0.2) is 11.5 Å². The molecular weight excluding hydrogens is 293 g/mol. The Bertz CT molecular complexity index is 619. The average molecular weight is 310 g/mol. The molecule has 0 unspecified atom stereocenters. The van der Waals surface area contributed by atoms with Crippen LogP contribution in [0.15, 0.2) is 36.4 Å². The molecule has 0 bridgehead atoms. The molecular formula is C16H17ClFNO2. The van der Waals surface area contributed by atoms with E-state index < -0.39 is 5.82 Å². The highest BCUT2D eigenvalue weighted by Gasteiger charge is 2.11. The quantitative estimate of drug-likeness (QED) is 0.887. The number of benzene rings is 2. The molecule has 0 aliphatic carbocycles. The molecule has 2 aromatic rings. The third-order valence-electron chi connectivity index (χ3n) is 3.08. The van der Waals surface area contributed by atoms with Gasteiger partial charge in [-0.25, -0.2) is 4.39 Å². The molecule has 2 aromatic carbocycles. The Hall–Kier alpha value is -1.78. The normalized spacial score (nSPS) is 10.5. The Labute approximate surface area is 128 Å². The molecule has 0 radical (unpaired) electrons. The lowest BCUT2D eigenvalue weighted by atomic mass is 10.1. The highest BCUT2D eigenvalue weighted by Crippen LogP contribution is 2.32. The Balaban J connectivity index is 2.22. The summed E-state index contributed by atoms with van der Waals surface area (Å²) in [5, 5.41) is 0.359. The van der Waals surface area contributed by atoms with Gasteiger partial charge in [-0.3, -0.25) is 0 Å². The van der Waals surface area contributed by atoms with Crippen LogP contribution in [-0.4, -0.2) is 13.7 Å². The van der Waals surface area contributed by atoms with Crippen LogP contribution >= 0.6 is 11.6 Å². The van der Waals surface area contributed by atoms with Crippen molar-refractivity contribution in [3.05, 3.63) is 58.4 Å². The van der Waals surface area contributed by atoms with Gasteiger partial charge in [-0.1, -0.05) is 29.8 Å². The Morgan fingerprint density at radius 2 is 2.00 bits per heavy atom. The minimum atomic E-state index is -0.391. The molecule has 21 heavy (non-hydrogen) atoms. The van der Waals surface area contributed by atoms with Gasteiger partial charge in [-0.05, 0) is 36.7 Å². The first kappa shape index (κ1) is 15.6. The molecule has 5 heteroatoms. The number of hydrogen-bond acceptors (Lipinski definition) is 3. The van der Waals surface area contributed by atoms with E-state index in [0.717, 1.165) is 5.56 Å². The zero-order chi connectivity index (χ0) is 15.2. The summed E-state index contributed by atoms with van der Waals surface area (Å²) >= 11 is 5.73. The molecule has 0 aliphatic rings. The fourth-order valence-corrected chi connectivity index (χ4v) is 2.19. The largest absolute Gasteiger partial charge is 0.493 e. The Morgan fingerprint density at radius 1 is 1.19 bits per heavy atom. The second-order valence-corrected chi connectivity index (χ2v) is 4.95. The maximum atomic E-state index is 13.8. The first-order chi connectivity index (χ1) is 10.2. The van der Waals surface area contributed by atoms with E-state index in [-0.39, 0.29) is 6.61 Å². The summed E-state index contributed by atoms with van der Waals surface area (Å²) in [5.41, 5.74) is 6.97. The second-order valence-electron chi connectivity index (χ2n) is 4.51. The Kier molecular flexibility index (Phi) is 5.42. The van der Waals surface area contributed by atoms with Crippen molar-refractivity contribution in [2.75, 3.05) is 13.7 Å². The third kappa shape index (κ3) is 3.86. The lowest BCUT2D eigenvalue weighted by Crippen LogP contribution is -2.07. The highest BCUT2D eigenvalue weighted by atomic mass is 35.5. The molecule has 2 N–H and O–H groups in total. The highest BCUT2D eigenvalue weighted by molar-refractivity contribution is 6.30. The van der Waals surface area contributed by atoms with E-state index in [4.69, 9.17) is 26.8 Å². The zero-order valence-electron chi connectivity index (χ0n) is 11.7. The minimum Gasteiger partial charge on any atom is -0.493 e. The van der Waals surface area contributed by atoms with Crippen molar-refractivity contribution in [1.29, 1.82) is 0 Å². The van der Waals surface area contributed by atoms with Crippen molar-refractivity contribution in [1.82, 2.24) is 0 Å². The van der Waals surface area contributed by atoms with Crippen LogP contribution in [0.2, 0.25) is 5.02 Å². The summed E-state index contributed by atoms with van der Waals surface area (Å²) in [5.74, 6) is 0.813. The van der Waals surface area contributed by atoms with Gasteiger partial charge in [0.05, 0.1) is 7.11 Å². The fraction of sp³-hybridized carbons (Fsp3) is 0.250. The first-order valence-electron chi connectivity index (χ1n) is 6.58. The standard InChI is InChI=1S/C16H17ClFNO2/c1-20-15-4-2-3-11(7-8-19)16(15)21-10-12-5-6-13(17)9-14(12)18/h2-6,9H,7-8,10,19H2,1H3. The van der Waals surface area contributed by atoms with Gasteiger partial charge < -0.3 is 15.2 Å². The van der Waals surface area contributed by atoms with Gasteiger partial charge in [-0.2, -0.15) is 0 Å². The van der Waals surface area contributed by atoms with Crippen molar-refractivity contribution in [3.8, 4) is 11.5 Å². The Morgan fingerprint density at radius 3 is 2.67 bits per heavy atom. The van der Waals surface area contributed by atoms with E-state index in [0.29, 0.717) is 35.1 Å². The van der Waals surface area contributed by atoms with Gasteiger partial charge in [0, 0.05) is 10.6 Å². The van der Waals surface area contributed by atoms with E-state index >= 15 is 0 Å². The van der Waals surface area contributed by atoms with Crippen molar-refractivity contribution in [2.45, 2.75) is 13.0 Å². The third-order valence-corrected chi connectivity index (χ3v) is 3.32. The molecule has 0 saturated carbocycles. The molecule has 0 atom stereocenters. The topological polar surface area (TPSA) is 44.5 Å². The SMILES string of the molecule is COc1cccc(CCN)c1OCc1ccc(Cl)cc1F. The summed E-state index contributed by atoms with van der Waals surface area (Å²) in [4.78, 5) is 0. The van der Waals surface area contributed by atoms with Crippen LogP contribution < -0.4 is 15.2 Å². The van der Waals surface area contributed by atoms with E-state index in [1.807, 2.05) is 12.1 Å². The maximum Gasteiger partial charge on any atom is 0.164 e. The molecule has 0 heterocycles. The molecule has 0 amide bonds. The summed E-state index contributed by atoms with van der Waals surface area (Å²) < 4.78 is 24.8. The van der Waals surface area contributed by atoms with E-state index in [1.54, 1.807) is 25.3 Å². The maximum absolute atomic E-state index is 13.8. The minimum absolute atomic E-state index is 0.0982. The van der Waals surface area contributed by atoms with Gasteiger partial charge in [0.1, 0.15) is 12.4 Å². The monoisotopic (exact) mass is 309 g/mol. The molecule has 0 saturated heterocycles. The van der Waals surface area contributed by atoms with Gasteiger partial charge in [0.25, 0.3) is 0 Å². The van der Waals surface area contributed by atoms with Crippen molar-refractivity contribution >= 4 is 11.6 Å². The fourth-order valence-electron chi connectivity index (χ4n) is 2.03. The summed E-state index contributed by atoms with van der Waals surface area (Å²) in [6.45, 7) is 0.597. The predicted molar refractivity (Wildman–Crippen MR) is 81.5 cm³/mol. The van der Waals surface area contributed by atoms with Gasteiger partial charge in [-0.15, -0.1) is 0 Å². The number of methoxy groups -OCH3 is 1. The average Bonchev–Trinajstić information content (AvgIpc) is 2.47.